The molecule has 0 spiro atoms. The summed E-state index contributed by atoms with van der Waals surface area (Å²) in [5.41, 5.74) is 1.57. The van der Waals surface area contributed by atoms with Crippen molar-refractivity contribution in [1.29, 1.82) is 0 Å². The number of benzene rings is 1. The van der Waals surface area contributed by atoms with Gasteiger partial charge in [0, 0.05) is 47.8 Å². The van der Waals surface area contributed by atoms with E-state index in [0.29, 0.717) is 37.7 Å². The molecule has 0 aliphatic carbocycles. The molecule has 4 rings (SSSR count). The molecule has 3 heterocycles. The van der Waals surface area contributed by atoms with Gasteiger partial charge >= 0.3 is 0 Å². The molecule has 3 aromatic rings. The van der Waals surface area contributed by atoms with E-state index in [0.717, 1.165) is 15.4 Å². The van der Waals surface area contributed by atoms with E-state index in [1.165, 1.54) is 0 Å². The van der Waals surface area contributed by atoms with Crippen LogP contribution in [0.5, 0.6) is 0 Å². The second-order valence-electron chi connectivity index (χ2n) is 6.75. The molecular weight excluding hydrogens is 422 g/mol. The lowest BCUT2D eigenvalue weighted by atomic mass is 10.2. The van der Waals surface area contributed by atoms with Crippen molar-refractivity contribution in [2.24, 2.45) is 0 Å². The molecule has 0 atom stereocenters. The van der Waals surface area contributed by atoms with Crippen LogP contribution in [0.4, 0.5) is 5.82 Å². The van der Waals surface area contributed by atoms with Crippen LogP contribution in [-0.4, -0.2) is 64.3 Å². The summed E-state index contributed by atoms with van der Waals surface area (Å²) in [5.74, 6) is 0.422. The van der Waals surface area contributed by atoms with Gasteiger partial charge in [-0.3, -0.25) is 14.5 Å². The van der Waals surface area contributed by atoms with Crippen molar-refractivity contribution >= 4 is 44.5 Å². The lowest BCUT2D eigenvalue weighted by Crippen LogP contribution is -2.50. The quantitative estimate of drug-likeness (QED) is 0.651. The van der Waals surface area contributed by atoms with Crippen molar-refractivity contribution in [2.75, 3.05) is 38.0 Å². The van der Waals surface area contributed by atoms with Gasteiger partial charge in [0.1, 0.15) is 11.5 Å². The third-order valence-corrected chi connectivity index (χ3v) is 5.25. The van der Waals surface area contributed by atoms with Crippen molar-refractivity contribution in [3.05, 3.63) is 58.8 Å². The van der Waals surface area contributed by atoms with Gasteiger partial charge in [0.05, 0.1) is 6.54 Å². The Morgan fingerprint density at radius 3 is 2.61 bits per heavy atom. The summed E-state index contributed by atoms with van der Waals surface area (Å²) in [6, 6.07) is 13.3. The number of para-hydroxylation sites is 1. The third-order valence-electron chi connectivity index (χ3n) is 4.78. The summed E-state index contributed by atoms with van der Waals surface area (Å²) >= 11 is 3.32. The predicted molar refractivity (Wildman–Crippen MR) is 111 cm³/mol. The number of nitrogens with zero attached hydrogens (tertiary/aromatic N) is 3. The van der Waals surface area contributed by atoms with E-state index < -0.39 is 0 Å². The summed E-state index contributed by atoms with van der Waals surface area (Å²) in [7, 11) is 0. The molecule has 1 fully saturated rings. The van der Waals surface area contributed by atoms with Crippen molar-refractivity contribution in [3.8, 4) is 0 Å². The molecule has 7 nitrogen and oxygen atoms in total. The Hall–Kier alpha value is -2.71. The van der Waals surface area contributed by atoms with Crippen LogP contribution in [0.15, 0.2) is 53.1 Å². The van der Waals surface area contributed by atoms with Crippen LogP contribution in [0, 0.1) is 0 Å². The molecule has 28 heavy (non-hydrogen) atoms. The fourth-order valence-corrected chi connectivity index (χ4v) is 3.54. The number of halogens is 1. The van der Waals surface area contributed by atoms with Gasteiger partial charge in [-0.2, -0.15) is 0 Å². The standard InChI is InChI=1S/C20H20BrN5O2/c21-15-5-6-18(22-12-15)24-19(27)13-25-7-9-26(10-8-25)20(28)17-11-14-3-1-2-4-16(14)23-17/h1-6,11-12,23H,7-10,13H2,(H,22,24,27). The highest BCUT2D eigenvalue weighted by atomic mass is 79.9. The summed E-state index contributed by atoms with van der Waals surface area (Å²) < 4.78 is 0.862. The predicted octanol–water partition coefficient (Wildman–Crippen LogP) is 2.72. The Kier molecular flexibility index (Phi) is 5.40. The van der Waals surface area contributed by atoms with E-state index in [2.05, 4.69) is 31.2 Å². The molecule has 0 saturated carbocycles. The second-order valence-corrected chi connectivity index (χ2v) is 7.66. The molecule has 2 amide bonds. The Labute approximate surface area is 170 Å². The molecule has 144 valence electrons. The lowest BCUT2D eigenvalue weighted by Gasteiger charge is -2.34. The van der Waals surface area contributed by atoms with Gasteiger partial charge in [0.2, 0.25) is 5.91 Å². The van der Waals surface area contributed by atoms with E-state index in [-0.39, 0.29) is 18.4 Å². The molecule has 2 N–H and O–H groups in total. The first-order chi connectivity index (χ1) is 13.6. The number of carbonyl (C=O) groups excluding carboxylic acids is 2. The van der Waals surface area contributed by atoms with E-state index in [9.17, 15) is 9.59 Å². The SMILES string of the molecule is O=C(CN1CCN(C(=O)c2cc3ccccc3[nH]2)CC1)Nc1ccc(Br)cn1. The molecule has 1 saturated heterocycles. The van der Waals surface area contributed by atoms with Crippen molar-refractivity contribution in [1.82, 2.24) is 19.8 Å². The number of fused-ring (bicyclic) bond motifs is 1. The van der Waals surface area contributed by atoms with Crippen LogP contribution >= 0.6 is 15.9 Å². The molecule has 8 heteroatoms. The van der Waals surface area contributed by atoms with Gasteiger partial charge < -0.3 is 15.2 Å². The number of pyridine rings is 1. The zero-order valence-electron chi connectivity index (χ0n) is 15.2. The zero-order chi connectivity index (χ0) is 19.5. The highest BCUT2D eigenvalue weighted by Crippen LogP contribution is 2.17. The molecule has 0 unspecified atom stereocenters. The topological polar surface area (TPSA) is 81.3 Å². The average molecular weight is 442 g/mol. The number of aromatic nitrogens is 2. The average Bonchev–Trinajstić information content (AvgIpc) is 3.14. The molecule has 1 aliphatic heterocycles. The number of amides is 2. The highest BCUT2D eigenvalue weighted by Gasteiger charge is 2.24. The van der Waals surface area contributed by atoms with Crippen LogP contribution < -0.4 is 5.32 Å². The third kappa shape index (κ3) is 4.23. The van der Waals surface area contributed by atoms with E-state index in [1.54, 1.807) is 12.3 Å². The maximum atomic E-state index is 12.8. The minimum Gasteiger partial charge on any atom is -0.351 e. The number of rotatable bonds is 4. The first-order valence-corrected chi connectivity index (χ1v) is 9.88. The fraction of sp³-hybridized carbons (Fsp3) is 0.250. The van der Waals surface area contributed by atoms with Gasteiger partial charge in [-0.05, 0) is 40.2 Å². The maximum absolute atomic E-state index is 12.8. The molecule has 0 bridgehead atoms. The summed E-state index contributed by atoms with van der Waals surface area (Å²) in [4.78, 5) is 36.2. The maximum Gasteiger partial charge on any atom is 0.270 e. The Morgan fingerprint density at radius 2 is 1.89 bits per heavy atom. The monoisotopic (exact) mass is 441 g/mol. The number of piperazine rings is 1. The molecule has 0 radical (unpaired) electrons. The first-order valence-electron chi connectivity index (χ1n) is 9.09. The minimum absolute atomic E-state index is 0.000589. The smallest absolute Gasteiger partial charge is 0.270 e. The zero-order valence-corrected chi connectivity index (χ0v) is 16.8. The number of aromatic amines is 1. The number of nitrogens with one attached hydrogen (secondary N) is 2. The van der Waals surface area contributed by atoms with Crippen LogP contribution in [0.2, 0.25) is 0 Å². The largest absolute Gasteiger partial charge is 0.351 e. The van der Waals surface area contributed by atoms with E-state index in [4.69, 9.17) is 0 Å². The van der Waals surface area contributed by atoms with Crippen LogP contribution in [0.25, 0.3) is 10.9 Å². The number of hydrogen-bond acceptors (Lipinski definition) is 4. The van der Waals surface area contributed by atoms with Crippen molar-refractivity contribution in [3.63, 3.8) is 0 Å². The second kappa shape index (κ2) is 8.12. The summed E-state index contributed by atoms with van der Waals surface area (Å²) in [6.07, 6.45) is 1.64. The van der Waals surface area contributed by atoms with Crippen LogP contribution in [0.3, 0.4) is 0 Å². The number of carbonyl (C=O) groups is 2. The van der Waals surface area contributed by atoms with Crippen molar-refractivity contribution in [2.45, 2.75) is 0 Å². The molecule has 2 aromatic heterocycles. The number of H-pyrrole nitrogens is 1. The molecular formula is C20H20BrN5O2. The van der Waals surface area contributed by atoms with Crippen LogP contribution in [-0.2, 0) is 4.79 Å². The van der Waals surface area contributed by atoms with Gasteiger partial charge in [-0.25, -0.2) is 4.98 Å². The number of hydrogen-bond donors (Lipinski definition) is 2. The van der Waals surface area contributed by atoms with Gasteiger partial charge in [-0.1, -0.05) is 18.2 Å². The van der Waals surface area contributed by atoms with E-state index >= 15 is 0 Å². The summed E-state index contributed by atoms with van der Waals surface area (Å²) in [6.45, 7) is 2.79. The Bertz CT molecular complexity index is 960. The minimum atomic E-state index is -0.106. The van der Waals surface area contributed by atoms with Crippen LogP contribution in [0.1, 0.15) is 10.5 Å². The van der Waals surface area contributed by atoms with E-state index in [1.807, 2.05) is 46.2 Å². The van der Waals surface area contributed by atoms with Gasteiger partial charge in [-0.15, -0.1) is 0 Å². The first kappa shape index (κ1) is 18.6. The normalized spacial score (nSPS) is 15.0. The van der Waals surface area contributed by atoms with Crippen molar-refractivity contribution < 1.29 is 9.59 Å². The summed E-state index contributed by atoms with van der Waals surface area (Å²) in [5, 5.41) is 3.82. The number of anilines is 1. The molecule has 1 aliphatic rings. The van der Waals surface area contributed by atoms with Gasteiger partial charge in [0.25, 0.3) is 5.91 Å². The lowest BCUT2D eigenvalue weighted by molar-refractivity contribution is -0.117. The fourth-order valence-electron chi connectivity index (χ4n) is 3.30. The van der Waals surface area contributed by atoms with Gasteiger partial charge in [0.15, 0.2) is 0 Å². The molecule has 1 aromatic carbocycles. The highest BCUT2D eigenvalue weighted by molar-refractivity contribution is 9.10. The Balaban J connectivity index is 1.29. The Morgan fingerprint density at radius 1 is 1.11 bits per heavy atom.